The summed E-state index contributed by atoms with van der Waals surface area (Å²) in [6.07, 6.45) is 1.98. The molecule has 0 spiro atoms. The van der Waals surface area contributed by atoms with Gasteiger partial charge in [0.25, 0.3) is 0 Å². The van der Waals surface area contributed by atoms with Crippen molar-refractivity contribution in [2.24, 2.45) is 0 Å². The van der Waals surface area contributed by atoms with Crippen LogP contribution in [0.3, 0.4) is 0 Å². The van der Waals surface area contributed by atoms with Gasteiger partial charge in [0.05, 0.1) is 5.75 Å². The minimum Gasteiger partial charge on any atom is -0.313 e. The molecule has 1 N–H and O–H groups in total. The van der Waals surface area contributed by atoms with Crippen molar-refractivity contribution in [3.05, 3.63) is 12.2 Å². The van der Waals surface area contributed by atoms with E-state index in [4.69, 9.17) is 0 Å². The van der Waals surface area contributed by atoms with Gasteiger partial charge in [0.15, 0.2) is 0 Å². The van der Waals surface area contributed by atoms with Gasteiger partial charge in [0.1, 0.15) is 9.84 Å². The highest BCUT2D eigenvalue weighted by molar-refractivity contribution is 7.90. The van der Waals surface area contributed by atoms with Crippen molar-refractivity contribution in [2.45, 2.75) is 26.3 Å². The average Bonchev–Trinajstić information content (AvgIpc) is 1.81. The first-order valence-electron chi connectivity index (χ1n) is 4.40. The van der Waals surface area contributed by atoms with Crippen LogP contribution in [0.1, 0.15) is 20.3 Å². The van der Waals surface area contributed by atoms with Gasteiger partial charge in [-0.3, -0.25) is 0 Å². The Kier molecular flexibility index (Phi) is 5.25. The molecule has 0 heterocycles. The van der Waals surface area contributed by atoms with Crippen molar-refractivity contribution in [1.29, 1.82) is 0 Å². The van der Waals surface area contributed by atoms with Crippen molar-refractivity contribution in [3.8, 4) is 0 Å². The molecule has 0 saturated carbocycles. The molecule has 0 amide bonds. The van der Waals surface area contributed by atoms with Crippen LogP contribution in [0.2, 0.25) is 0 Å². The Bertz CT molecular complexity index is 257. The summed E-state index contributed by atoms with van der Waals surface area (Å²) in [5, 5.41) is 3.13. The summed E-state index contributed by atoms with van der Waals surface area (Å²) in [5.74, 6) is 0.188. The molecule has 0 aromatic heterocycles. The second kappa shape index (κ2) is 5.40. The second-order valence-corrected chi connectivity index (χ2v) is 5.69. The molecule has 78 valence electrons. The van der Waals surface area contributed by atoms with Gasteiger partial charge in [0, 0.05) is 12.3 Å². The molecule has 0 aliphatic heterocycles. The fourth-order valence-corrected chi connectivity index (χ4v) is 2.23. The van der Waals surface area contributed by atoms with Gasteiger partial charge in [0.2, 0.25) is 0 Å². The third kappa shape index (κ3) is 7.99. The van der Waals surface area contributed by atoms with Crippen LogP contribution in [0.4, 0.5) is 0 Å². The Balaban J connectivity index is 4.17. The van der Waals surface area contributed by atoms with Crippen molar-refractivity contribution in [1.82, 2.24) is 5.32 Å². The minimum atomic E-state index is -2.89. The first-order chi connectivity index (χ1) is 5.85. The molecule has 4 heteroatoms. The van der Waals surface area contributed by atoms with Crippen molar-refractivity contribution in [2.75, 3.05) is 18.6 Å². The third-order valence-electron chi connectivity index (χ3n) is 1.59. The van der Waals surface area contributed by atoms with Gasteiger partial charge in [-0.15, -0.1) is 6.58 Å². The fourth-order valence-electron chi connectivity index (χ4n) is 1.26. The van der Waals surface area contributed by atoms with E-state index >= 15 is 0 Å². The maximum absolute atomic E-state index is 11.0. The molecule has 0 aromatic rings. The molecular weight excluding hydrogens is 186 g/mol. The van der Waals surface area contributed by atoms with Crippen LogP contribution in [-0.4, -0.2) is 33.0 Å². The van der Waals surface area contributed by atoms with Gasteiger partial charge in [-0.2, -0.15) is 0 Å². The molecule has 0 aromatic carbocycles. The molecule has 0 saturated heterocycles. The van der Waals surface area contributed by atoms with E-state index in [0.717, 1.165) is 18.5 Å². The van der Waals surface area contributed by atoms with Gasteiger partial charge < -0.3 is 5.32 Å². The van der Waals surface area contributed by atoms with Crippen molar-refractivity contribution < 1.29 is 8.42 Å². The fraction of sp³-hybridized carbons (Fsp3) is 0.778. The van der Waals surface area contributed by atoms with Crippen LogP contribution in [-0.2, 0) is 9.84 Å². The second-order valence-electron chi connectivity index (χ2n) is 3.51. The number of hydrogen-bond donors (Lipinski definition) is 1. The zero-order valence-corrected chi connectivity index (χ0v) is 9.45. The maximum Gasteiger partial charge on any atom is 0.148 e. The normalized spacial score (nSPS) is 14.1. The highest BCUT2D eigenvalue weighted by atomic mass is 32.2. The molecule has 1 unspecified atom stereocenters. The number of sulfone groups is 1. The average molecular weight is 205 g/mol. The highest BCUT2D eigenvalue weighted by Gasteiger charge is 2.13. The Hall–Kier alpha value is -0.350. The van der Waals surface area contributed by atoms with Crippen molar-refractivity contribution in [3.63, 3.8) is 0 Å². The van der Waals surface area contributed by atoms with Crippen LogP contribution < -0.4 is 5.32 Å². The van der Waals surface area contributed by atoms with E-state index in [-0.39, 0.29) is 11.8 Å². The zero-order valence-electron chi connectivity index (χ0n) is 8.63. The van der Waals surface area contributed by atoms with Crippen LogP contribution >= 0.6 is 0 Å². The van der Waals surface area contributed by atoms with Crippen LogP contribution in [0.15, 0.2) is 12.2 Å². The smallest absolute Gasteiger partial charge is 0.148 e. The van der Waals surface area contributed by atoms with Crippen LogP contribution in [0, 0.1) is 0 Å². The summed E-state index contributed by atoms with van der Waals surface area (Å²) >= 11 is 0. The predicted molar refractivity (Wildman–Crippen MR) is 56.6 cm³/mol. The quantitative estimate of drug-likeness (QED) is 0.657. The Morgan fingerprint density at radius 3 is 2.38 bits per heavy atom. The molecule has 1 atom stereocenters. The van der Waals surface area contributed by atoms with Gasteiger partial charge in [-0.05, 0) is 19.9 Å². The number of nitrogens with one attached hydrogen (secondary N) is 1. The van der Waals surface area contributed by atoms with Crippen LogP contribution in [0.25, 0.3) is 0 Å². The largest absolute Gasteiger partial charge is 0.313 e. The molecule has 0 bridgehead atoms. The summed E-state index contributed by atoms with van der Waals surface area (Å²) in [5.41, 5.74) is 1.01. The maximum atomic E-state index is 11.0. The molecular formula is C9H19NO2S. The van der Waals surface area contributed by atoms with E-state index in [1.54, 1.807) is 0 Å². The minimum absolute atomic E-state index is 0.0116. The molecule has 13 heavy (non-hydrogen) atoms. The summed E-state index contributed by atoms with van der Waals surface area (Å²) in [6, 6.07) is 0.0116. The molecule has 0 aliphatic carbocycles. The lowest BCUT2D eigenvalue weighted by molar-refractivity contribution is 0.544. The lowest BCUT2D eigenvalue weighted by atomic mass is 10.1. The standard InChI is InChI=1S/C9H19NO2S/c1-5-10-9(6-8(2)3)7-13(4,11)12/h9-10H,2,5-7H2,1,3-4H3. The first-order valence-corrected chi connectivity index (χ1v) is 6.46. The van der Waals surface area contributed by atoms with Crippen LogP contribution in [0.5, 0.6) is 0 Å². The van der Waals surface area contributed by atoms with E-state index in [1.807, 2.05) is 13.8 Å². The summed E-state index contributed by atoms with van der Waals surface area (Å²) in [4.78, 5) is 0. The molecule has 3 nitrogen and oxygen atoms in total. The number of rotatable bonds is 6. The monoisotopic (exact) mass is 205 g/mol. The van der Waals surface area contributed by atoms with Crippen molar-refractivity contribution >= 4 is 9.84 Å². The van der Waals surface area contributed by atoms with E-state index in [2.05, 4.69) is 11.9 Å². The Labute approximate surface area is 81.1 Å². The van der Waals surface area contributed by atoms with Gasteiger partial charge in [-0.25, -0.2) is 8.42 Å². The Morgan fingerprint density at radius 2 is 2.08 bits per heavy atom. The van der Waals surface area contributed by atoms with Gasteiger partial charge in [-0.1, -0.05) is 12.5 Å². The first kappa shape index (κ1) is 12.7. The summed E-state index contributed by atoms with van der Waals surface area (Å²) < 4.78 is 22.1. The van der Waals surface area contributed by atoms with E-state index in [0.29, 0.717) is 0 Å². The number of hydrogen-bond acceptors (Lipinski definition) is 3. The molecule has 0 aliphatic rings. The zero-order chi connectivity index (χ0) is 10.5. The SMILES string of the molecule is C=C(C)CC(CS(C)(=O)=O)NCC. The lowest BCUT2D eigenvalue weighted by Gasteiger charge is -2.16. The molecule has 0 radical (unpaired) electrons. The van der Waals surface area contributed by atoms with E-state index in [9.17, 15) is 8.42 Å². The lowest BCUT2D eigenvalue weighted by Crippen LogP contribution is -2.35. The Morgan fingerprint density at radius 1 is 1.54 bits per heavy atom. The predicted octanol–water partition coefficient (Wildman–Crippen LogP) is 0.975. The van der Waals surface area contributed by atoms with Gasteiger partial charge >= 0.3 is 0 Å². The van der Waals surface area contributed by atoms with E-state index in [1.165, 1.54) is 6.26 Å². The third-order valence-corrected chi connectivity index (χ3v) is 2.60. The summed E-state index contributed by atoms with van der Waals surface area (Å²) in [7, 11) is -2.89. The highest BCUT2D eigenvalue weighted by Crippen LogP contribution is 2.04. The summed E-state index contributed by atoms with van der Waals surface area (Å²) in [6.45, 7) is 8.43. The molecule has 0 rings (SSSR count). The topological polar surface area (TPSA) is 46.2 Å². The molecule has 0 fully saturated rings. The van der Waals surface area contributed by atoms with E-state index < -0.39 is 9.84 Å².